The molecule has 186 valence electrons. The van der Waals surface area contributed by atoms with E-state index in [0.717, 1.165) is 35.1 Å². The lowest BCUT2D eigenvalue weighted by Gasteiger charge is -2.19. The first-order valence-corrected chi connectivity index (χ1v) is 12.5. The van der Waals surface area contributed by atoms with Gasteiger partial charge in [-0.3, -0.25) is 0 Å². The Hall–Kier alpha value is -2.95. The van der Waals surface area contributed by atoms with Crippen molar-refractivity contribution in [2.45, 2.75) is 65.6 Å². The van der Waals surface area contributed by atoms with E-state index in [9.17, 15) is 10.2 Å². The molecule has 0 aliphatic heterocycles. The van der Waals surface area contributed by atoms with Crippen LogP contribution in [0.5, 0.6) is 5.75 Å². The van der Waals surface area contributed by atoms with Gasteiger partial charge in [-0.25, -0.2) is 4.39 Å². The third-order valence-corrected chi connectivity index (χ3v) is 6.34. The van der Waals surface area contributed by atoms with Crippen molar-refractivity contribution < 1.29 is 19.3 Å². The third kappa shape index (κ3) is 6.59. The Morgan fingerprint density at radius 3 is 2.23 bits per heavy atom. The van der Waals surface area contributed by atoms with E-state index < -0.39 is 12.1 Å². The van der Waals surface area contributed by atoms with Gasteiger partial charge in [0.15, 0.2) is 11.6 Å². The summed E-state index contributed by atoms with van der Waals surface area (Å²) in [5, 5.41) is 19.5. The number of hydrogen-bond acceptors (Lipinski definition) is 3. The molecule has 3 rings (SSSR count). The zero-order valence-corrected chi connectivity index (χ0v) is 21.1. The molecule has 35 heavy (non-hydrogen) atoms. The molecular weight excluding hydrogens is 439 g/mol. The molecule has 0 fully saturated rings. The molecule has 1 unspecified atom stereocenters. The average Bonchev–Trinajstić information content (AvgIpc) is 2.86. The van der Waals surface area contributed by atoms with Crippen molar-refractivity contribution in [1.82, 2.24) is 0 Å². The highest BCUT2D eigenvalue weighted by Crippen LogP contribution is 2.36. The van der Waals surface area contributed by atoms with Gasteiger partial charge in [0, 0.05) is 12.2 Å². The molecule has 0 aromatic heterocycles. The largest absolute Gasteiger partial charge is 0.458 e. The molecule has 3 nitrogen and oxygen atoms in total. The number of ether oxygens (including phenoxy) is 1. The number of halogens is 1. The number of aryl methyl sites for hydroxylation is 2. The molecule has 0 saturated heterocycles. The van der Waals surface area contributed by atoms with Gasteiger partial charge in [-0.05, 0) is 71.6 Å². The molecule has 3 aromatic carbocycles. The first-order valence-electron chi connectivity index (χ1n) is 12.5. The minimum Gasteiger partial charge on any atom is -0.458 e. The van der Waals surface area contributed by atoms with Crippen LogP contribution < -0.4 is 4.74 Å². The van der Waals surface area contributed by atoms with E-state index in [2.05, 4.69) is 44.7 Å². The summed E-state index contributed by atoms with van der Waals surface area (Å²) >= 11 is 0. The highest BCUT2D eigenvalue weighted by atomic mass is 19.1. The Labute approximate surface area is 208 Å². The van der Waals surface area contributed by atoms with Crippen molar-refractivity contribution in [2.75, 3.05) is 6.61 Å². The fraction of sp³-hybridized carbons (Fsp3) is 0.355. The molecule has 0 amide bonds. The van der Waals surface area contributed by atoms with Gasteiger partial charge in [-0.2, -0.15) is 0 Å². The van der Waals surface area contributed by atoms with Crippen LogP contribution in [0.15, 0.2) is 66.7 Å². The maximum atomic E-state index is 15.6. The van der Waals surface area contributed by atoms with Gasteiger partial charge in [-0.1, -0.05) is 87.9 Å². The van der Waals surface area contributed by atoms with Gasteiger partial charge in [0.05, 0.1) is 0 Å². The zero-order chi connectivity index (χ0) is 25.4. The summed E-state index contributed by atoms with van der Waals surface area (Å²) < 4.78 is 21.2. The quantitative estimate of drug-likeness (QED) is 0.164. The van der Waals surface area contributed by atoms with Crippen LogP contribution in [0.4, 0.5) is 4.39 Å². The van der Waals surface area contributed by atoms with Gasteiger partial charge in [-0.15, -0.1) is 0 Å². The van der Waals surface area contributed by atoms with Crippen LogP contribution in [0.2, 0.25) is 0 Å². The number of rotatable bonds is 12. The molecule has 0 saturated carbocycles. The number of aliphatic hydroxyl groups is 2. The molecule has 0 spiro atoms. The summed E-state index contributed by atoms with van der Waals surface area (Å²) in [6.45, 7) is 9.45. The van der Waals surface area contributed by atoms with Gasteiger partial charge >= 0.3 is 0 Å². The second kappa shape index (κ2) is 12.7. The average molecular weight is 477 g/mol. The number of hydrogen-bond donors (Lipinski definition) is 2. The molecule has 0 bridgehead atoms. The third-order valence-electron chi connectivity index (χ3n) is 6.34. The minimum atomic E-state index is -1.32. The zero-order valence-electron chi connectivity index (χ0n) is 21.1. The molecule has 1 atom stereocenters. The lowest BCUT2D eigenvalue weighted by molar-refractivity contribution is 0.0113. The number of benzene rings is 3. The molecular formula is C31H37FO3. The van der Waals surface area contributed by atoms with Crippen LogP contribution in [0.3, 0.4) is 0 Å². The summed E-state index contributed by atoms with van der Waals surface area (Å²) in [5.74, 6) is -0.602. The van der Waals surface area contributed by atoms with Gasteiger partial charge in [0.2, 0.25) is 6.29 Å². The summed E-state index contributed by atoms with van der Waals surface area (Å²) in [6.07, 6.45) is 4.49. The van der Waals surface area contributed by atoms with E-state index in [1.807, 2.05) is 18.2 Å². The van der Waals surface area contributed by atoms with Crippen molar-refractivity contribution in [1.29, 1.82) is 0 Å². The van der Waals surface area contributed by atoms with E-state index in [-0.39, 0.29) is 18.8 Å². The summed E-state index contributed by atoms with van der Waals surface area (Å²) in [6, 6.07) is 18.2. The normalized spacial score (nSPS) is 11.9. The Morgan fingerprint density at radius 2 is 1.60 bits per heavy atom. The van der Waals surface area contributed by atoms with Crippen LogP contribution in [0, 0.1) is 5.82 Å². The summed E-state index contributed by atoms with van der Waals surface area (Å²) in [4.78, 5) is 0. The van der Waals surface area contributed by atoms with E-state index in [4.69, 9.17) is 4.74 Å². The highest BCUT2D eigenvalue weighted by molar-refractivity contribution is 5.75. The Kier molecular flexibility index (Phi) is 9.64. The SMILES string of the molecule is C=C(C)C(O)Oc1c(CCO)ccc(-c2ccc(-c3ccc(CCCCC)cc3)c(CC)c2)c1F. The first kappa shape index (κ1) is 26.7. The maximum absolute atomic E-state index is 15.6. The van der Waals surface area contributed by atoms with Gasteiger partial charge < -0.3 is 14.9 Å². The standard InChI is InChI=1S/C31H37FO3/c1-5-7-8-9-22-10-12-24(13-11-22)27-16-15-26(20-23(27)6-2)28-17-14-25(18-19-33)30(29(28)32)35-31(34)21(3)4/h10-17,20,31,33-34H,3,5-9,18-19H2,1-2,4H3. The maximum Gasteiger partial charge on any atom is 0.219 e. The van der Waals surface area contributed by atoms with Crippen LogP contribution in [0.25, 0.3) is 22.3 Å². The van der Waals surface area contributed by atoms with Crippen LogP contribution in [-0.4, -0.2) is 23.1 Å². The van der Waals surface area contributed by atoms with Crippen molar-refractivity contribution in [3.05, 3.63) is 89.3 Å². The lowest BCUT2D eigenvalue weighted by Crippen LogP contribution is -2.18. The van der Waals surface area contributed by atoms with E-state index >= 15 is 4.39 Å². The van der Waals surface area contributed by atoms with Crippen molar-refractivity contribution in [2.24, 2.45) is 0 Å². The monoisotopic (exact) mass is 476 g/mol. The molecule has 3 aromatic rings. The van der Waals surface area contributed by atoms with Crippen molar-refractivity contribution in [3.63, 3.8) is 0 Å². The predicted molar refractivity (Wildman–Crippen MR) is 142 cm³/mol. The number of unbranched alkanes of at least 4 members (excludes halogenated alkanes) is 2. The topological polar surface area (TPSA) is 49.7 Å². The van der Waals surface area contributed by atoms with Crippen LogP contribution in [-0.2, 0) is 19.3 Å². The first-order chi connectivity index (χ1) is 16.9. The lowest BCUT2D eigenvalue weighted by atomic mass is 9.92. The van der Waals surface area contributed by atoms with Crippen molar-refractivity contribution in [3.8, 4) is 28.0 Å². The highest BCUT2D eigenvalue weighted by Gasteiger charge is 2.20. The molecule has 0 heterocycles. The fourth-order valence-corrected chi connectivity index (χ4v) is 4.24. The van der Waals surface area contributed by atoms with Gasteiger partial charge in [0.25, 0.3) is 0 Å². The molecule has 2 N–H and O–H groups in total. The molecule has 4 heteroatoms. The van der Waals surface area contributed by atoms with E-state index in [1.54, 1.807) is 19.1 Å². The van der Waals surface area contributed by atoms with Crippen molar-refractivity contribution >= 4 is 0 Å². The Morgan fingerprint density at radius 1 is 0.914 bits per heavy atom. The van der Waals surface area contributed by atoms with Crippen LogP contribution >= 0.6 is 0 Å². The second-order valence-corrected chi connectivity index (χ2v) is 9.09. The minimum absolute atomic E-state index is 0.0483. The second-order valence-electron chi connectivity index (χ2n) is 9.09. The van der Waals surface area contributed by atoms with Gasteiger partial charge in [0.1, 0.15) is 0 Å². The molecule has 0 aliphatic carbocycles. The number of aliphatic hydroxyl groups excluding tert-OH is 2. The summed E-state index contributed by atoms with van der Waals surface area (Å²) in [5.41, 5.74) is 6.78. The fourth-order valence-electron chi connectivity index (χ4n) is 4.24. The van der Waals surface area contributed by atoms with E-state index in [0.29, 0.717) is 16.7 Å². The summed E-state index contributed by atoms with van der Waals surface area (Å²) in [7, 11) is 0. The predicted octanol–water partition coefficient (Wildman–Crippen LogP) is 7.26. The molecule has 0 radical (unpaired) electrons. The van der Waals surface area contributed by atoms with Crippen LogP contribution in [0.1, 0.15) is 56.7 Å². The smallest absolute Gasteiger partial charge is 0.219 e. The van der Waals surface area contributed by atoms with E-state index in [1.165, 1.54) is 24.8 Å². The molecule has 0 aliphatic rings. The Bertz CT molecular complexity index is 1130. The Balaban J connectivity index is 1.95.